The fourth-order valence-corrected chi connectivity index (χ4v) is 1.17. The molecule has 1 rings (SSSR count). The summed E-state index contributed by atoms with van der Waals surface area (Å²) in [6.45, 7) is 2.04. The third-order valence-corrected chi connectivity index (χ3v) is 2.10. The van der Waals surface area contributed by atoms with E-state index in [4.69, 9.17) is 0 Å². The van der Waals surface area contributed by atoms with E-state index in [0.29, 0.717) is 6.42 Å². The molecular weight excluding hydrogens is 152 g/mol. The lowest BCUT2D eigenvalue weighted by Crippen LogP contribution is -1.94. The van der Waals surface area contributed by atoms with Gasteiger partial charge in [0.15, 0.2) is 0 Å². The molecule has 0 aliphatic rings. The van der Waals surface area contributed by atoms with E-state index in [0.717, 1.165) is 19.1 Å². The molecule has 0 aliphatic heterocycles. The monoisotopic (exact) mass is 166 g/mol. The normalized spacial score (nSPS) is 10.2. The van der Waals surface area contributed by atoms with Crippen molar-refractivity contribution < 1.29 is 4.79 Å². The van der Waals surface area contributed by atoms with Crippen LogP contribution in [-0.4, -0.2) is 16.1 Å². The highest BCUT2D eigenvalue weighted by atomic mass is 16.1. The van der Waals surface area contributed by atoms with Crippen molar-refractivity contribution >= 4 is 6.29 Å². The molecule has 0 aliphatic carbocycles. The van der Waals surface area contributed by atoms with Crippen molar-refractivity contribution in [3.63, 3.8) is 0 Å². The number of nitrogens with zero attached hydrogens (tertiary/aromatic N) is 2. The van der Waals surface area contributed by atoms with E-state index in [1.54, 1.807) is 0 Å². The van der Waals surface area contributed by atoms with Crippen molar-refractivity contribution in [2.24, 2.45) is 7.05 Å². The molecule has 0 saturated carbocycles. The molecule has 0 radical (unpaired) electrons. The Morgan fingerprint density at radius 3 is 2.92 bits per heavy atom. The van der Waals surface area contributed by atoms with Gasteiger partial charge in [-0.05, 0) is 25.3 Å². The average molecular weight is 166 g/mol. The maximum absolute atomic E-state index is 10.1. The van der Waals surface area contributed by atoms with Crippen LogP contribution in [-0.2, 0) is 18.3 Å². The minimum atomic E-state index is 0.647. The Labute approximate surface area is 72.4 Å². The van der Waals surface area contributed by atoms with Gasteiger partial charge in [0.1, 0.15) is 6.29 Å². The molecule has 0 saturated heterocycles. The molecule has 0 fully saturated rings. The second-order valence-electron chi connectivity index (χ2n) is 2.94. The molecule has 0 bridgehead atoms. The number of hydrogen-bond acceptors (Lipinski definition) is 2. The predicted molar refractivity (Wildman–Crippen MR) is 46.9 cm³/mol. The van der Waals surface area contributed by atoms with Gasteiger partial charge >= 0.3 is 0 Å². The summed E-state index contributed by atoms with van der Waals surface area (Å²) in [4.78, 5) is 10.1. The van der Waals surface area contributed by atoms with Crippen molar-refractivity contribution in [2.75, 3.05) is 0 Å². The van der Waals surface area contributed by atoms with E-state index in [1.165, 1.54) is 11.3 Å². The highest BCUT2D eigenvalue weighted by Gasteiger charge is 2.01. The summed E-state index contributed by atoms with van der Waals surface area (Å²) < 4.78 is 1.86. The van der Waals surface area contributed by atoms with E-state index < -0.39 is 0 Å². The van der Waals surface area contributed by atoms with Gasteiger partial charge < -0.3 is 4.79 Å². The first-order chi connectivity index (χ1) is 5.75. The molecule has 0 unspecified atom stereocenters. The Hall–Kier alpha value is -1.12. The van der Waals surface area contributed by atoms with Crippen LogP contribution in [0.4, 0.5) is 0 Å². The first-order valence-corrected chi connectivity index (χ1v) is 4.17. The topological polar surface area (TPSA) is 34.9 Å². The van der Waals surface area contributed by atoms with Crippen LogP contribution >= 0.6 is 0 Å². The Balaban J connectivity index is 2.51. The van der Waals surface area contributed by atoms with Gasteiger partial charge in [-0.3, -0.25) is 4.68 Å². The fraction of sp³-hybridized carbons (Fsp3) is 0.556. The predicted octanol–water partition coefficient (Wildman–Crippen LogP) is 1.25. The molecule has 3 heteroatoms. The standard InChI is InChI=1S/C9H14N2O/c1-8-9(5-3-4-6-12)7-10-11(8)2/h6-7H,3-5H2,1-2H3. The summed E-state index contributed by atoms with van der Waals surface area (Å²) >= 11 is 0. The molecular formula is C9H14N2O. The SMILES string of the molecule is Cc1c(CCCC=O)cnn1C. The third-order valence-electron chi connectivity index (χ3n) is 2.10. The zero-order valence-corrected chi connectivity index (χ0v) is 7.58. The highest BCUT2D eigenvalue weighted by Crippen LogP contribution is 2.08. The molecule has 1 aromatic heterocycles. The maximum Gasteiger partial charge on any atom is 0.120 e. The Kier molecular flexibility index (Phi) is 3.02. The van der Waals surface area contributed by atoms with Crippen LogP contribution in [0.1, 0.15) is 24.1 Å². The van der Waals surface area contributed by atoms with Crippen LogP contribution in [0.5, 0.6) is 0 Å². The van der Waals surface area contributed by atoms with Gasteiger partial charge in [0.05, 0.1) is 6.20 Å². The van der Waals surface area contributed by atoms with Gasteiger partial charge in [0, 0.05) is 19.2 Å². The number of carbonyl (C=O) groups excluding carboxylic acids is 1. The fourth-order valence-electron chi connectivity index (χ4n) is 1.17. The summed E-state index contributed by atoms with van der Waals surface area (Å²) in [5.41, 5.74) is 2.44. The first kappa shape index (κ1) is 8.97. The molecule has 0 aromatic carbocycles. The molecule has 0 amide bonds. The molecule has 12 heavy (non-hydrogen) atoms. The van der Waals surface area contributed by atoms with Gasteiger partial charge in [0.25, 0.3) is 0 Å². The minimum absolute atomic E-state index is 0.647. The van der Waals surface area contributed by atoms with Gasteiger partial charge in [-0.15, -0.1) is 0 Å². The Bertz CT molecular complexity index is 265. The quantitative estimate of drug-likeness (QED) is 0.498. The van der Waals surface area contributed by atoms with E-state index in [-0.39, 0.29) is 0 Å². The number of hydrogen-bond donors (Lipinski definition) is 0. The molecule has 0 N–H and O–H groups in total. The van der Waals surface area contributed by atoms with Crippen molar-refractivity contribution in [1.82, 2.24) is 9.78 Å². The number of carbonyl (C=O) groups is 1. The van der Waals surface area contributed by atoms with E-state index >= 15 is 0 Å². The van der Waals surface area contributed by atoms with E-state index in [9.17, 15) is 4.79 Å². The summed E-state index contributed by atoms with van der Waals surface area (Å²) in [7, 11) is 1.93. The molecule has 0 atom stereocenters. The molecule has 1 aromatic rings. The summed E-state index contributed by atoms with van der Waals surface area (Å²) in [6.07, 6.45) is 5.37. The van der Waals surface area contributed by atoms with Crippen molar-refractivity contribution in [2.45, 2.75) is 26.2 Å². The lowest BCUT2D eigenvalue weighted by atomic mass is 10.1. The van der Waals surface area contributed by atoms with Crippen molar-refractivity contribution in [1.29, 1.82) is 0 Å². The van der Waals surface area contributed by atoms with Crippen LogP contribution in [0, 0.1) is 6.92 Å². The van der Waals surface area contributed by atoms with Gasteiger partial charge in [-0.25, -0.2) is 0 Å². The lowest BCUT2D eigenvalue weighted by molar-refractivity contribution is -0.107. The van der Waals surface area contributed by atoms with Crippen LogP contribution in [0.25, 0.3) is 0 Å². The van der Waals surface area contributed by atoms with Crippen LogP contribution in [0.15, 0.2) is 6.20 Å². The van der Waals surface area contributed by atoms with Gasteiger partial charge in [-0.1, -0.05) is 0 Å². The lowest BCUT2D eigenvalue weighted by Gasteiger charge is -1.97. The second kappa shape index (κ2) is 4.04. The average Bonchev–Trinajstić information content (AvgIpc) is 2.36. The number of aryl methyl sites for hydroxylation is 2. The summed E-state index contributed by atoms with van der Waals surface area (Å²) in [5, 5.41) is 4.12. The minimum Gasteiger partial charge on any atom is -0.303 e. The summed E-state index contributed by atoms with van der Waals surface area (Å²) in [5.74, 6) is 0. The van der Waals surface area contributed by atoms with E-state index in [2.05, 4.69) is 5.10 Å². The third kappa shape index (κ3) is 1.94. The Morgan fingerprint density at radius 1 is 1.67 bits per heavy atom. The van der Waals surface area contributed by atoms with Gasteiger partial charge in [-0.2, -0.15) is 5.10 Å². The molecule has 66 valence electrons. The Morgan fingerprint density at radius 2 is 2.42 bits per heavy atom. The maximum atomic E-state index is 10.1. The number of aldehydes is 1. The highest BCUT2D eigenvalue weighted by molar-refractivity contribution is 5.49. The molecule has 0 spiro atoms. The van der Waals surface area contributed by atoms with Gasteiger partial charge in [0.2, 0.25) is 0 Å². The van der Waals surface area contributed by atoms with Crippen LogP contribution in [0.2, 0.25) is 0 Å². The van der Waals surface area contributed by atoms with Crippen LogP contribution in [0.3, 0.4) is 0 Å². The zero-order valence-electron chi connectivity index (χ0n) is 7.58. The van der Waals surface area contributed by atoms with Crippen molar-refractivity contribution in [3.8, 4) is 0 Å². The number of aromatic nitrogens is 2. The zero-order chi connectivity index (χ0) is 8.97. The summed E-state index contributed by atoms with van der Waals surface area (Å²) in [6, 6.07) is 0. The number of unbranched alkanes of at least 4 members (excludes halogenated alkanes) is 1. The largest absolute Gasteiger partial charge is 0.303 e. The number of rotatable bonds is 4. The van der Waals surface area contributed by atoms with Crippen molar-refractivity contribution in [3.05, 3.63) is 17.5 Å². The smallest absolute Gasteiger partial charge is 0.120 e. The molecule has 3 nitrogen and oxygen atoms in total. The molecule has 1 heterocycles. The first-order valence-electron chi connectivity index (χ1n) is 4.17. The second-order valence-corrected chi connectivity index (χ2v) is 2.94. The van der Waals surface area contributed by atoms with Crippen LogP contribution < -0.4 is 0 Å². The van der Waals surface area contributed by atoms with E-state index in [1.807, 2.05) is 24.9 Å².